The molecule has 1 aromatic carbocycles. The molecule has 0 saturated heterocycles. The number of aromatic nitrogens is 3. The third-order valence-electron chi connectivity index (χ3n) is 2.46. The molecule has 0 radical (unpaired) electrons. The smallest absolute Gasteiger partial charge is 0.337 e. The Balaban J connectivity index is 1.96. The van der Waals surface area contributed by atoms with Crippen molar-refractivity contribution < 1.29 is 14.7 Å². The van der Waals surface area contributed by atoms with Crippen LogP contribution in [0.3, 0.4) is 0 Å². The Morgan fingerprint density at radius 1 is 1.35 bits per heavy atom. The zero-order valence-electron chi connectivity index (χ0n) is 10.7. The number of amides is 2. The van der Waals surface area contributed by atoms with Crippen LogP contribution in [0.25, 0.3) is 0 Å². The molecule has 2 amide bonds. The first-order valence-electron chi connectivity index (χ1n) is 5.78. The van der Waals surface area contributed by atoms with E-state index in [0.29, 0.717) is 5.82 Å². The molecule has 2 rings (SSSR count). The molecule has 0 unspecified atom stereocenters. The van der Waals surface area contributed by atoms with Crippen LogP contribution in [0.15, 0.2) is 30.6 Å². The van der Waals surface area contributed by atoms with Crippen molar-refractivity contribution in [2.75, 3.05) is 5.32 Å². The van der Waals surface area contributed by atoms with Gasteiger partial charge in [-0.15, -0.1) is 0 Å². The molecular weight excluding hydrogens is 262 g/mol. The first kappa shape index (κ1) is 13.5. The van der Waals surface area contributed by atoms with E-state index in [0.717, 1.165) is 0 Å². The van der Waals surface area contributed by atoms with Gasteiger partial charge in [-0.3, -0.25) is 4.68 Å². The summed E-state index contributed by atoms with van der Waals surface area (Å²) in [6.07, 6.45) is 1.52. The van der Waals surface area contributed by atoms with E-state index in [-0.39, 0.29) is 17.8 Å². The highest BCUT2D eigenvalue weighted by atomic mass is 16.4. The van der Waals surface area contributed by atoms with Crippen LogP contribution in [0.5, 0.6) is 0 Å². The van der Waals surface area contributed by atoms with E-state index in [1.165, 1.54) is 23.1 Å². The Morgan fingerprint density at radius 2 is 2.10 bits per heavy atom. The first-order chi connectivity index (χ1) is 9.56. The Kier molecular flexibility index (Phi) is 3.94. The van der Waals surface area contributed by atoms with Crippen molar-refractivity contribution >= 4 is 17.7 Å². The van der Waals surface area contributed by atoms with Gasteiger partial charge in [0.05, 0.1) is 17.8 Å². The lowest BCUT2D eigenvalue weighted by molar-refractivity contribution is 0.0698. The van der Waals surface area contributed by atoms with Crippen molar-refractivity contribution in [2.45, 2.75) is 6.54 Å². The molecule has 8 heteroatoms. The van der Waals surface area contributed by atoms with E-state index in [4.69, 9.17) is 5.11 Å². The molecule has 20 heavy (non-hydrogen) atoms. The van der Waals surface area contributed by atoms with Crippen LogP contribution in [0.2, 0.25) is 0 Å². The predicted octanol–water partition coefficient (Wildman–Crippen LogP) is 0.835. The highest BCUT2D eigenvalue weighted by Gasteiger charge is 2.11. The van der Waals surface area contributed by atoms with Gasteiger partial charge in [-0.25, -0.2) is 14.6 Å². The number of hydrogen-bond acceptors (Lipinski definition) is 4. The second kappa shape index (κ2) is 5.83. The van der Waals surface area contributed by atoms with E-state index >= 15 is 0 Å². The zero-order valence-corrected chi connectivity index (χ0v) is 10.7. The molecular formula is C12H13N5O3. The highest BCUT2D eigenvalue weighted by Crippen LogP contribution is 2.14. The van der Waals surface area contributed by atoms with Crippen molar-refractivity contribution in [3.05, 3.63) is 42.0 Å². The van der Waals surface area contributed by atoms with Crippen LogP contribution in [-0.2, 0) is 13.6 Å². The minimum atomic E-state index is -1.10. The first-order valence-corrected chi connectivity index (χ1v) is 5.78. The molecule has 0 aliphatic rings. The topological polar surface area (TPSA) is 109 Å². The molecule has 8 nitrogen and oxygen atoms in total. The third-order valence-corrected chi connectivity index (χ3v) is 2.46. The van der Waals surface area contributed by atoms with Gasteiger partial charge < -0.3 is 15.7 Å². The number of carbonyl (C=O) groups is 2. The molecule has 0 spiro atoms. The average molecular weight is 275 g/mol. The number of benzene rings is 1. The van der Waals surface area contributed by atoms with Gasteiger partial charge in [0.25, 0.3) is 0 Å². The summed E-state index contributed by atoms with van der Waals surface area (Å²) >= 11 is 0. The van der Waals surface area contributed by atoms with E-state index in [2.05, 4.69) is 20.7 Å². The minimum absolute atomic E-state index is 0.0265. The van der Waals surface area contributed by atoms with Gasteiger partial charge in [0.2, 0.25) is 0 Å². The summed E-state index contributed by atoms with van der Waals surface area (Å²) < 4.78 is 1.52. The zero-order chi connectivity index (χ0) is 14.5. The molecule has 0 saturated carbocycles. The van der Waals surface area contributed by atoms with E-state index in [9.17, 15) is 9.59 Å². The highest BCUT2D eigenvalue weighted by molar-refractivity contribution is 5.99. The lowest BCUT2D eigenvalue weighted by Gasteiger charge is -2.08. The fourth-order valence-corrected chi connectivity index (χ4v) is 1.57. The van der Waals surface area contributed by atoms with Gasteiger partial charge in [0, 0.05) is 7.05 Å². The number of nitrogens with zero attached hydrogens (tertiary/aromatic N) is 3. The van der Waals surface area contributed by atoms with Gasteiger partial charge in [-0.1, -0.05) is 12.1 Å². The van der Waals surface area contributed by atoms with Crippen LogP contribution in [0, 0.1) is 0 Å². The molecule has 1 heterocycles. The molecule has 2 aromatic rings. The summed E-state index contributed by atoms with van der Waals surface area (Å²) in [6.45, 7) is 0.155. The van der Waals surface area contributed by atoms with E-state index in [1.54, 1.807) is 19.2 Å². The number of para-hydroxylation sites is 1. The van der Waals surface area contributed by atoms with Gasteiger partial charge in [-0.2, -0.15) is 5.10 Å². The van der Waals surface area contributed by atoms with Crippen LogP contribution >= 0.6 is 0 Å². The Labute approximate surface area is 114 Å². The maximum atomic E-state index is 11.7. The van der Waals surface area contributed by atoms with Crippen molar-refractivity contribution in [1.29, 1.82) is 0 Å². The average Bonchev–Trinajstić information content (AvgIpc) is 2.83. The maximum absolute atomic E-state index is 11.7. The Hall–Kier alpha value is -2.90. The molecule has 0 aliphatic heterocycles. The fourth-order valence-electron chi connectivity index (χ4n) is 1.57. The molecule has 0 fully saturated rings. The lowest BCUT2D eigenvalue weighted by Crippen LogP contribution is -2.29. The maximum Gasteiger partial charge on any atom is 0.337 e. The lowest BCUT2D eigenvalue weighted by atomic mass is 10.2. The van der Waals surface area contributed by atoms with Crippen molar-refractivity contribution in [3.8, 4) is 0 Å². The quantitative estimate of drug-likeness (QED) is 0.765. The van der Waals surface area contributed by atoms with Crippen LogP contribution in [0.4, 0.5) is 10.5 Å². The molecule has 0 atom stereocenters. The fraction of sp³-hybridized carbons (Fsp3) is 0.167. The number of carboxylic acids is 1. The van der Waals surface area contributed by atoms with E-state index < -0.39 is 12.0 Å². The summed E-state index contributed by atoms with van der Waals surface area (Å²) in [6, 6.07) is 5.64. The number of anilines is 1. The van der Waals surface area contributed by atoms with Crippen molar-refractivity contribution in [3.63, 3.8) is 0 Å². The van der Waals surface area contributed by atoms with Gasteiger partial charge in [0.1, 0.15) is 6.33 Å². The number of aryl methyl sites for hydroxylation is 1. The van der Waals surface area contributed by atoms with Crippen molar-refractivity contribution in [2.24, 2.45) is 7.05 Å². The SMILES string of the molecule is Cn1cnc(CNC(=O)Nc2ccccc2C(=O)O)n1. The molecule has 3 N–H and O–H groups in total. The predicted molar refractivity (Wildman–Crippen MR) is 70.3 cm³/mol. The standard InChI is InChI=1S/C12H13N5O3/c1-17-7-14-10(16-17)6-13-12(20)15-9-5-3-2-4-8(9)11(18)19/h2-5,7H,6H2,1H3,(H,18,19)(H2,13,15,20). The van der Waals surface area contributed by atoms with Crippen molar-refractivity contribution in [1.82, 2.24) is 20.1 Å². The second-order valence-corrected chi connectivity index (χ2v) is 3.99. The number of rotatable bonds is 4. The largest absolute Gasteiger partial charge is 0.478 e. The second-order valence-electron chi connectivity index (χ2n) is 3.99. The normalized spacial score (nSPS) is 10.1. The third kappa shape index (κ3) is 3.31. The number of carboxylic acid groups (broad SMARTS) is 1. The summed E-state index contributed by atoms with van der Waals surface area (Å²) in [7, 11) is 1.72. The van der Waals surface area contributed by atoms with Crippen LogP contribution in [-0.4, -0.2) is 31.9 Å². The number of nitrogens with one attached hydrogen (secondary N) is 2. The molecule has 1 aromatic heterocycles. The molecule has 104 valence electrons. The minimum Gasteiger partial charge on any atom is -0.478 e. The summed E-state index contributed by atoms with van der Waals surface area (Å²) in [5, 5.41) is 18.0. The Bertz CT molecular complexity index is 638. The van der Waals surface area contributed by atoms with Gasteiger partial charge in [0.15, 0.2) is 5.82 Å². The van der Waals surface area contributed by atoms with Gasteiger partial charge >= 0.3 is 12.0 Å². The van der Waals surface area contributed by atoms with Gasteiger partial charge in [-0.05, 0) is 12.1 Å². The monoisotopic (exact) mass is 275 g/mol. The summed E-state index contributed by atoms with van der Waals surface area (Å²) in [5.41, 5.74) is 0.255. The number of hydrogen-bond donors (Lipinski definition) is 3. The number of carbonyl (C=O) groups excluding carboxylic acids is 1. The number of aromatic carboxylic acids is 1. The van der Waals surface area contributed by atoms with E-state index in [1.807, 2.05) is 0 Å². The number of urea groups is 1. The summed E-state index contributed by atoms with van der Waals surface area (Å²) in [5.74, 6) is -0.638. The molecule has 0 aliphatic carbocycles. The summed E-state index contributed by atoms with van der Waals surface area (Å²) in [4.78, 5) is 26.6. The molecule has 0 bridgehead atoms. The van der Waals surface area contributed by atoms with Crippen LogP contribution < -0.4 is 10.6 Å². The Morgan fingerprint density at radius 3 is 2.75 bits per heavy atom. The van der Waals surface area contributed by atoms with Crippen LogP contribution in [0.1, 0.15) is 16.2 Å².